The van der Waals surface area contributed by atoms with Crippen molar-refractivity contribution in [3.8, 4) is 0 Å². The molecule has 2 saturated heterocycles. The smallest absolute Gasteiger partial charge is 0.114 e. The van der Waals surface area contributed by atoms with Crippen LogP contribution in [0, 0.1) is 0 Å². The van der Waals surface area contributed by atoms with Crippen LogP contribution in [0.2, 0.25) is 0 Å². The molecule has 0 aromatic rings. The van der Waals surface area contributed by atoms with E-state index < -0.39 is 12.2 Å². The molecule has 0 aliphatic carbocycles. The molecule has 66 valence electrons. The molecule has 5 heteroatoms. The summed E-state index contributed by atoms with van der Waals surface area (Å²) in [7, 11) is 0. The molecule has 0 radical (unpaired) electrons. The van der Waals surface area contributed by atoms with E-state index in [0.717, 1.165) is 0 Å². The lowest BCUT2D eigenvalue weighted by molar-refractivity contribution is 0.00205. The second-order valence-corrected chi connectivity index (χ2v) is 2.73. The van der Waals surface area contributed by atoms with Crippen LogP contribution in [0.4, 0.5) is 0 Å². The van der Waals surface area contributed by atoms with Crippen LogP contribution in [0.25, 0.3) is 0 Å². The quantitative estimate of drug-likeness (QED) is 0.411. The predicted octanol–water partition coefficient (Wildman–Crippen LogP) is -1.33. The molecule has 0 bridgehead atoms. The molecule has 0 aromatic heterocycles. The summed E-state index contributed by atoms with van der Waals surface area (Å²) in [5.74, 6) is 0. The van der Waals surface area contributed by atoms with Gasteiger partial charge in [0, 0.05) is 0 Å². The maximum atomic E-state index is 9.16. The SMILES string of the molecule is N.O[C@@H]1CO[C@H]2[C@@H]1OC[C@H]2O. The first-order valence-electron chi connectivity index (χ1n) is 3.38. The fourth-order valence-corrected chi connectivity index (χ4v) is 1.46. The lowest BCUT2D eigenvalue weighted by atomic mass is 10.1. The normalized spacial score (nSPS) is 48.5. The van der Waals surface area contributed by atoms with Gasteiger partial charge in [-0.2, -0.15) is 0 Å². The minimum absolute atomic E-state index is 0. The topological polar surface area (TPSA) is 93.9 Å². The standard InChI is InChI=1S/C6H10O4.H3N/c7-3-1-9-6-4(8)2-10-5(3)6;/h3-8H,1-2H2;1H3/t3-,4-,5-,6-;/m1./s1. The minimum atomic E-state index is -0.554. The molecule has 0 aromatic carbocycles. The number of aliphatic hydroxyl groups is 2. The Hall–Kier alpha value is -0.200. The van der Waals surface area contributed by atoms with E-state index >= 15 is 0 Å². The Kier molecular flexibility index (Phi) is 2.46. The van der Waals surface area contributed by atoms with Crippen LogP contribution in [0.5, 0.6) is 0 Å². The summed E-state index contributed by atoms with van der Waals surface area (Å²) >= 11 is 0. The van der Waals surface area contributed by atoms with Crippen molar-refractivity contribution in [2.24, 2.45) is 0 Å². The molecule has 2 heterocycles. The first-order chi connectivity index (χ1) is 4.79. The second-order valence-electron chi connectivity index (χ2n) is 2.73. The Morgan fingerprint density at radius 2 is 1.27 bits per heavy atom. The first-order valence-corrected chi connectivity index (χ1v) is 3.38. The van der Waals surface area contributed by atoms with Gasteiger partial charge in [0.15, 0.2) is 0 Å². The molecule has 2 aliphatic heterocycles. The summed E-state index contributed by atoms with van der Waals surface area (Å²) in [5, 5.41) is 18.3. The lowest BCUT2D eigenvalue weighted by Gasteiger charge is -2.09. The van der Waals surface area contributed by atoms with E-state index in [1.807, 2.05) is 0 Å². The fraction of sp³-hybridized carbons (Fsp3) is 1.00. The Balaban J connectivity index is 0.000000605. The zero-order chi connectivity index (χ0) is 7.14. The third kappa shape index (κ3) is 1.25. The summed E-state index contributed by atoms with van der Waals surface area (Å²) in [4.78, 5) is 0. The molecule has 2 fully saturated rings. The largest absolute Gasteiger partial charge is 0.388 e. The summed E-state index contributed by atoms with van der Waals surface area (Å²) in [6.07, 6.45) is -1.70. The van der Waals surface area contributed by atoms with Gasteiger partial charge in [-0.25, -0.2) is 0 Å². The van der Waals surface area contributed by atoms with Gasteiger partial charge in [0.2, 0.25) is 0 Å². The number of hydrogen-bond donors (Lipinski definition) is 3. The zero-order valence-corrected chi connectivity index (χ0v) is 6.14. The molecule has 0 unspecified atom stereocenters. The van der Waals surface area contributed by atoms with Crippen LogP contribution in [-0.2, 0) is 9.47 Å². The van der Waals surface area contributed by atoms with Gasteiger partial charge in [0.1, 0.15) is 24.4 Å². The Morgan fingerprint density at radius 3 is 1.64 bits per heavy atom. The van der Waals surface area contributed by atoms with E-state index in [4.69, 9.17) is 19.7 Å². The van der Waals surface area contributed by atoms with Crippen LogP contribution >= 0.6 is 0 Å². The Bertz CT molecular complexity index is 127. The summed E-state index contributed by atoms with van der Waals surface area (Å²) in [5.41, 5.74) is 0. The molecule has 5 N–H and O–H groups in total. The molecule has 5 nitrogen and oxygen atoms in total. The average molecular weight is 163 g/mol. The fourth-order valence-electron chi connectivity index (χ4n) is 1.46. The summed E-state index contributed by atoms with van der Waals surface area (Å²) in [6, 6.07) is 0. The lowest BCUT2D eigenvalue weighted by Crippen LogP contribution is -2.30. The minimum Gasteiger partial charge on any atom is -0.388 e. The predicted molar refractivity (Wildman–Crippen MR) is 36.5 cm³/mol. The molecular formula is C6H13NO4. The van der Waals surface area contributed by atoms with Crippen molar-refractivity contribution >= 4 is 0 Å². The maximum Gasteiger partial charge on any atom is 0.114 e. The summed E-state index contributed by atoms with van der Waals surface area (Å²) < 4.78 is 10.2. The Morgan fingerprint density at radius 1 is 0.909 bits per heavy atom. The maximum absolute atomic E-state index is 9.16. The monoisotopic (exact) mass is 163 g/mol. The second kappa shape index (κ2) is 3.04. The molecule has 0 amide bonds. The van der Waals surface area contributed by atoms with Crippen molar-refractivity contribution in [3.63, 3.8) is 0 Å². The van der Waals surface area contributed by atoms with Crippen molar-refractivity contribution < 1.29 is 19.7 Å². The van der Waals surface area contributed by atoms with Crippen molar-refractivity contribution in [1.82, 2.24) is 6.15 Å². The van der Waals surface area contributed by atoms with Crippen LogP contribution < -0.4 is 6.15 Å². The number of aliphatic hydroxyl groups excluding tert-OH is 2. The molecule has 2 rings (SSSR count). The van der Waals surface area contributed by atoms with E-state index in [-0.39, 0.29) is 31.6 Å². The molecular weight excluding hydrogens is 150 g/mol. The average Bonchev–Trinajstić information content (AvgIpc) is 2.41. The highest BCUT2D eigenvalue weighted by Crippen LogP contribution is 2.26. The third-order valence-corrected chi connectivity index (χ3v) is 2.00. The Labute approximate surface area is 64.5 Å². The number of ether oxygens (including phenoxy) is 2. The van der Waals surface area contributed by atoms with Gasteiger partial charge < -0.3 is 25.8 Å². The van der Waals surface area contributed by atoms with Crippen molar-refractivity contribution in [2.75, 3.05) is 13.2 Å². The number of fused-ring (bicyclic) bond motifs is 1. The van der Waals surface area contributed by atoms with E-state index in [1.165, 1.54) is 0 Å². The van der Waals surface area contributed by atoms with Crippen LogP contribution in [0.1, 0.15) is 0 Å². The van der Waals surface area contributed by atoms with Crippen LogP contribution in [-0.4, -0.2) is 47.8 Å². The highest BCUT2D eigenvalue weighted by molar-refractivity contribution is 4.93. The number of hydrogen-bond acceptors (Lipinski definition) is 5. The van der Waals surface area contributed by atoms with Gasteiger partial charge in [0.05, 0.1) is 13.2 Å². The van der Waals surface area contributed by atoms with E-state index in [2.05, 4.69) is 0 Å². The van der Waals surface area contributed by atoms with Gasteiger partial charge in [-0.05, 0) is 0 Å². The molecule has 0 spiro atoms. The van der Waals surface area contributed by atoms with Crippen LogP contribution in [0.15, 0.2) is 0 Å². The van der Waals surface area contributed by atoms with E-state index in [0.29, 0.717) is 0 Å². The molecule has 2 aliphatic rings. The van der Waals surface area contributed by atoms with Crippen molar-refractivity contribution in [3.05, 3.63) is 0 Å². The molecule has 11 heavy (non-hydrogen) atoms. The molecule has 0 saturated carbocycles. The van der Waals surface area contributed by atoms with E-state index in [9.17, 15) is 0 Å². The third-order valence-electron chi connectivity index (χ3n) is 2.00. The molecule has 4 atom stereocenters. The highest BCUT2D eigenvalue weighted by Gasteiger charge is 2.46. The van der Waals surface area contributed by atoms with Crippen molar-refractivity contribution in [2.45, 2.75) is 24.4 Å². The van der Waals surface area contributed by atoms with Gasteiger partial charge in [-0.1, -0.05) is 0 Å². The van der Waals surface area contributed by atoms with Crippen molar-refractivity contribution in [1.29, 1.82) is 0 Å². The van der Waals surface area contributed by atoms with E-state index in [1.54, 1.807) is 0 Å². The zero-order valence-electron chi connectivity index (χ0n) is 6.14. The summed E-state index contributed by atoms with van der Waals surface area (Å²) in [6.45, 7) is 0.568. The van der Waals surface area contributed by atoms with Gasteiger partial charge in [-0.3, -0.25) is 0 Å². The highest BCUT2D eigenvalue weighted by atomic mass is 16.6. The first kappa shape index (κ1) is 8.89. The number of rotatable bonds is 0. The van der Waals surface area contributed by atoms with Gasteiger partial charge >= 0.3 is 0 Å². The van der Waals surface area contributed by atoms with Gasteiger partial charge in [-0.15, -0.1) is 0 Å². The van der Waals surface area contributed by atoms with Gasteiger partial charge in [0.25, 0.3) is 0 Å². The van der Waals surface area contributed by atoms with Crippen LogP contribution in [0.3, 0.4) is 0 Å².